The molecule has 1 N–H and O–H groups in total. The van der Waals surface area contributed by atoms with E-state index < -0.39 is 11.7 Å². The predicted molar refractivity (Wildman–Crippen MR) is 110 cm³/mol. The summed E-state index contributed by atoms with van der Waals surface area (Å²) in [7, 11) is 3.09. The first-order valence-electron chi connectivity index (χ1n) is 9.71. The molecule has 0 amide bonds. The van der Waals surface area contributed by atoms with Gasteiger partial charge < -0.3 is 28.5 Å². The minimum absolute atomic E-state index is 0.127. The van der Waals surface area contributed by atoms with Gasteiger partial charge in [0.05, 0.1) is 30.8 Å². The number of hydrogen-bond donors (Lipinski definition) is 1. The minimum Gasteiger partial charge on any atom is -0.493 e. The zero-order valence-corrected chi connectivity index (χ0v) is 17.2. The highest BCUT2D eigenvalue weighted by molar-refractivity contribution is 5.89. The Labute approximate surface area is 172 Å². The van der Waals surface area contributed by atoms with E-state index in [0.29, 0.717) is 57.3 Å². The molecule has 3 aromatic rings. The lowest BCUT2D eigenvalue weighted by Gasteiger charge is -2.24. The van der Waals surface area contributed by atoms with Crippen molar-refractivity contribution in [2.75, 3.05) is 14.2 Å². The summed E-state index contributed by atoms with van der Waals surface area (Å²) in [6.07, 6.45) is 0.0496. The van der Waals surface area contributed by atoms with E-state index in [-0.39, 0.29) is 12.0 Å². The maximum absolute atomic E-state index is 13.5. The Morgan fingerprint density at radius 2 is 1.83 bits per heavy atom. The average Bonchev–Trinajstić information content (AvgIpc) is 3.18. The van der Waals surface area contributed by atoms with E-state index in [1.165, 1.54) is 0 Å². The van der Waals surface area contributed by atoms with Crippen molar-refractivity contribution in [2.45, 2.75) is 38.6 Å². The molecule has 2 aromatic carbocycles. The summed E-state index contributed by atoms with van der Waals surface area (Å²) in [5, 5.41) is 10.8. The van der Waals surface area contributed by atoms with Gasteiger partial charge in [0.25, 0.3) is 0 Å². The summed E-state index contributed by atoms with van der Waals surface area (Å²) >= 11 is 0. The number of rotatable bonds is 3. The molecule has 0 saturated heterocycles. The standard InChI is InChI=1S/C23H22O7/c1-23(2,25)19-8-13-14(29-19)6-5-11-21(24)20-12-7-16(26-3)17(27-4)9-15(12)28-10-18(20)30-22(11)13/h5-7,9,19,25H,8,10H2,1-4H3. The van der Waals surface area contributed by atoms with Crippen molar-refractivity contribution >= 4 is 11.0 Å². The number of fused-ring (bicyclic) bond motifs is 6. The molecule has 2 aliphatic heterocycles. The van der Waals surface area contributed by atoms with Crippen LogP contribution >= 0.6 is 0 Å². The first kappa shape index (κ1) is 18.8. The van der Waals surface area contributed by atoms with E-state index in [2.05, 4.69) is 0 Å². The van der Waals surface area contributed by atoms with Crippen molar-refractivity contribution in [3.63, 3.8) is 0 Å². The van der Waals surface area contributed by atoms with Gasteiger partial charge in [0, 0.05) is 23.6 Å². The van der Waals surface area contributed by atoms with Crippen LogP contribution in [0.3, 0.4) is 0 Å². The van der Waals surface area contributed by atoms with Gasteiger partial charge in [-0.3, -0.25) is 4.79 Å². The van der Waals surface area contributed by atoms with E-state index in [1.807, 2.05) is 0 Å². The van der Waals surface area contributed by atoms with Crippen LogP contribution in [0.4, 0.5) is 0 Å². The topological polar surface area (TPSA) is 87.4 Å². The summed E-state index contributed by atoms with van der Waals surface area (Å²) < 4.78 is 28.7. The number of methoxy groups -OCH3 is 2. The third-order valence-electron chi connectivity index (χ3n) is 5.75. The van der Waals surface area contributed by atoms with Crippen LogP contribution in [0.2, 0.25) is 0 Å². The molecular weight excluding hydrogens is 388 g/mol. The van der Waals surface area contributed by atoms with E-state index in [0.717, 1.165) is 5.56 Å². The zero-order valence-electron chi connectivity index (χ0n) is 17.2. The van der Waals surface area contributed by atoms with Crippen molar-refractivity contribution in [3.8, 4) is 34.1 Å². The molecule has 7 heteroatoms. The number of benzene rings is 2. The second kappa shape index (κ2) is 6.40. The van der Waals surface area contributed by atoms with Gasteiger partial charge in [-0.15, -0.1) is 0 Å². The Morgan fingerprint density at radius 1 is 1.10 bits per heavy atom. The van der Waals surface area contributed by atoms with Gasteiger partial charge >= 0.3 is 0 Å². The number of aliphatic hydroxyl groups is 1. The van der Waals surface area contributed by atoms with E-state index in [9.17, 15) is 9.90 Å². The SMILES string of the molecule is COc1cc2c(cc1OC)-c1c(oc3c4c(ccc3c1=O)OC(C(C)(C)O)C4)CO2. The molecule has 0 fully saturated rings. The third-order valence-corrected chi connectivity index (χ3v) is 5.75. The normalized spacial score (nSPS) is 16.9. The largest absolute Gasteiger partial charge is 0.493 e. The fourth-order valence-corrected chi connectivity index (χ4v) is 4.11. The molecule has 0 radical (unpaired) electrons. The summed E-state index contributed by atoms with van der Waals surface area (Å²) in [5.74, 6) is 2.65. The van der Waals surface area contributed by atoms with Gasteiger partial charge in [0.1, 0.15) is 29.8 Å². The number of hydrogen-bond acceptors (Lipinski definition) is 7. The Hall–Kier alpha value is -3.19. The van der Waals surface area contributed by atoms with Crippen LogP contribution in [0, 0.1) is 0 Å². The third kappa shape index (κ3) is 2.65. The molecule has 0 saturated carbocycles. The van der Waals surface area contributed by atoms with Gasteiger partial charge in [0.2, 0.25) is 5.43 Å². The summed E-state index contributed by atoms with van der Waals surface area (Å²) in [6, 6.07) is 6.92. The van der Waals surface area contributed by atoms with Crippen molar-refractivity contribution in [1.29, 1.82) is 0 Å². The molecule has 3 heterocycles. The minimum atomic E-state index is -1.02. The molecule has 1 aromatic heterocycles. The first-order chi connectivity index (χ1) is 14.3. The summed E-state index contributed by atoms with van der Waals surface area (Å²) in [6.45, 7) is 3.54. The Kier molecular flexibility index (Phi) is 4.02. The van der Waals surface area contributed by atoms with Gasteiger partial charge in [-0.1, -0.05) is 0 Å². The Bertz CT molecular complexity index is 1230. The lowest BCUT2D eigenvalue weighted by molar-refractivity contribution is -0.0229. The number of ether oxygens (including phenoxy) is 4. The molecular formula is C23H22O7. The molecule has 0 spiro atoms. The molecule has 0 bridgehead atoms. The lowest BCUT2D eigenvalue weighted by Crippen LogP contribution is -2.39. The van der Waals surface area contributed by atoms with E-state index >= 15 is 0 Å². The lowest BCUT2D eigenvalue weighted by atomic mass is 9.95. The molecule has 1 atom stereocenters. The molecule has 156 valence electrons. The van der Waals surface area contributed by atoms with Crippen LogP contribution in [-0.2, 0) is 13.0 Å². The quantitative estimate of drug-likeness (QED) is 0.708. The second-order valence-corrected chi connectivity index (χ2v) is 8.10. The van der Waals surface area contributed by atoms with Gasteiger partial charge in [-0.05, 0) is 32.0 Å². The molecule has 2 aliphatic rings. The molecule has 5 rings (SSSR count). The second-order valence-electron chi connectivity index (χ2n) is 8.10. The zero-order chi connectivity index (χ0) is 21.2. The molecule has 30 heavy (non-hydrogen) atoms. The van der Waals surface area contributed by atoms with Gasteiger partial charge in [0.15, 0.2) is 17.3 Å². The highest BCUT2D eigenvalue weighted by Gasteiger charge is 2.37. The van der Waals surface area contributed by atoms with Crippen LogP contribution in [0.25, 0.3) is 22.1 Å². The fourth-order valence-electron chi connectivity index (χ4n) is 4.11. The van der Waals surface area contributed by atoms with Crippen LogP contribution in [0.15, 0.2) is 33.5 Å². The van der Waals surface area contributed by atoms with Crippen LogP contribution < -0.4 is 24.4 Å². The van der Waals surface area contributed by atoms with Crippen molar-refractivity contribution in [3.05, 3.63) is 45.8 Å². The highest BCUT2D eigenvalue weighted by atomic mass is 16.5. The molecule has 0 aliphatic carbocycles. The maximum Gasteiger partial charge on any atom is 0.201 e. The van der Waals surface area contributed by atoms with Crippen molar-refractivity contribution in [2.24, 2.45) is 0 Å². The summed E-state index contributed by atoms with van der Waals surface area (Å²) in [5.41, 5.74) is 1.18. The Morgan fingerprint density at radius 3 is 2.53 bits per heavy atom. The van der Waals surface area contributed by atoms with E-state index in [4.69, 9.17) is 23.4 Å². The fraction of sp³-hybridized carbons (Fsp3) is 0.348. The highest BCUT2D eigenvalue weighted by Crippen LogP contribution is 2.45. The van der Waals surface area contributed by atoms with Crippen LogP contribution in [0.5, 0.6) is 23.0 Å². The molecule has 7 nitrogen and oxygen atoms in total. The predicted octanol–water partition coefficient (Wildman–Crippen LogP) is 3.44. The molecule has 1 unspecified atom stereocenters. The van der Waals surface area contributed by atoms with Crippen molar-refractivity contribution in [1.82, 2.24) is 0 Å². The smallest absolute Gasteiger partial charge is 0.201 e. The first-order valence-corrected chi connectivity index (χ1v) is 9.71. The van der Waals surface area contributed by atoms with Crippen LogP contribution in [0.1, 0.15) is 25.2 Å². The maximum atomic E-state index is 13.5. The summed E-state index contributed by atoms with van der Waals surface area (Å²) in [4.78, 5) is 13.5. The van der Waals surface area contributed by atoms with Gasteiger partial charge in [-0.2, -0.15) is 0 Å². The van der Waals surface area contributed by atoms with E-state index in [1.54, 1.807) is 52.3 Å². The Balaban J connectivity index is 1.72. The van der Waals surface area contributed by atoms with Crippen molar-refractivity contribution < 1.29 is 28.5 Å². The van der Waals surface area contributed by atoms with Crippen LogP contribution in [-0.4, -0.2) is 31.0 Å². The average molecular weight is 410 g/mol. The monoisotopic (exact) mass is 410 g/mol. The van der Waals surface area contributed by atoms with Gasteiger partial charge in [-0.25, -0.2) is 0 Å².